The number of anilines is 1. The Kier molecular flexibility index (Phi) is 4.43. The summed E-state index contributed by atoms with van der Waals surface area (Å²) in [5.74, 6) is 0.110. The highest BCUT2D eigenvalue weighted by molar-refractivity contribution is 6.11. The van der Waals surface area contributed by atoms with Gasteiger partial charge in [0, 0.05) is 35.8 Å². The van der Waals surface area contributed by atoms with E-state index < -0.39 is 0 Å². The average molecular weight is 325 g/mol. The topological polar surface area (TPSA) is 83.0 Å². The molecule has 2 N–H and O–H groups in total. The Balaban J connectivity index is 1.82. The van der Waals surface area contributed by atoms with Crippen molar-refractivity contribution in [3.63, 3.8) is 0 Å². The van der Waals surface area contributed by atoms with Crippen molar-refractivity contribution in [2.45, 2.75) is 6.54 Å². The van der Waals surface area contributed by atoms with Gasteiger partial charge in [0.15, 0.2) is 5.82 Å². The second-order valence-corrected chi connectivity index (χ2v) is 5.81. The van der Waals surface area contributed by atoms with Crippen molar-refractivity contribution in [3.05, 3.63) is 58.5 Å². The molecular weight excluding hydrogens is 306 g/mol. The van der Waals surface area contributed by atoms with Crippen LogP contribution in [0.4, 0.5) is 5.82 Å². The molecule has 2 heterocycles. The lowest BCUT2D eigenvalue weighted by Crippen LogP contribution is -2.19. The normalized spacial score (nSPS) is 11.1. The van der Waals surface area contributed by atoms with Crippen molar-refractivity contribution < 1.29 is 4.79 Å². The summed E-state index contributed by atoms with van der Waals surface area (Å²) in [5, 5.41) is 7.77. The van der Waals surface area contributed by atoms with E-state index in [1.165, 1.54) is 6.07 Å². The lowest BCUT2D eigenvalue weighted by Gasteiger charge is -2.09. The standard InChI is InChI=1S/C17H19N5O2/c1-21(2)9-10-22-8-7-15(20-22)19-17(24)13-11-16(23)18-14-6-4-3-5-12(13)14/h3-8,11H,9-10H2,1-2H3,(H,18,23)(H,19,20,24). The molecule has 0 bridgehead atoms. The molecular formula is C17H19N5O2. The summed E-state index contributed by atoms with van der Waals surface area (Å²) in [7, 11) is 3.98. The lowest BCUT2D eigenvalue weighted by atomic mass is 10.1. The molecule has 0 unspecified atom stereocenters. The minimum absolute atomic E-state index is 0.310. The van der Waals surface area contributed by atoms with E-state index in [-0.39, 0.29) is 11.5 Å². The van der Waals surface area contributed by atoms with Crippen LogP contribution < -0.4 is 10.9 Å². The molecule has 0 saturated heterocycles. The minimum atomic E-state index is -0.352. The van der Waals surface area contributed by atoms with Gasteiger partial charge in [-0.15, -0.1) is 0 Å². The molecule has 3 rings (SSSR count). The number of pyridine rings is 1. The minimum Gasteiger partial charge on any atom is -0.322 e. The van der Waals surface area contributed by atoms with Crippen LogP contribution in [0.1, 0.15) is 10.4 Å². The van der Waals surface area contributed by atoms with Gasteiger partial charge < -0.3 is 15.2 Å². The van der Waals surface area contributed by atoms with Crippen LogP contribution in [-0.4, -0.2) is 46.2 Å². The van der Waals surface area contributed by atoms with Gasteiger partial charge in [0.25, 0.3) is 5.91 Å². The zero-order chi connectivity index (χ0) is 17.1. The first kappa shape index (κ1) is 15.9. The third-order valence-electron chi connectivity index (χ3n) is 3.65. The number of H-pyrrole nitrogens is 1. The highest BCUT2D eigenvalue weighted by Crippen LogP contribution is 2.16. The second kappa shape index (κ2) is 6.67. The molecule has 1 amide bonds. The maximum atomic E-state index is 12.5. The molecule has 1 aromatic carbocycles. The van der Waals surface area contributed by atoms with Gasteiger partial charge in [-0.3, -0.25) is 14.3 Å². The molecule has 7 heteroatoms. The van der Waals surface area contributed by atoms with Gasteiger partial charge in [0.2, 0.25) is 5.56 Å². The maximum absolute atomic E-state index is 12.5. The van der Waals surface area contributed by atoms with Crippen LogP contribution in [0.3, 0.4) is 0 Å². The number of aromatic nitrogens is 3. The molecule has 0 aliphatic heterocycles. The molecule has 0 atom stereocenters. The summed E-state index contributed by atoms with van der Waals surface area (Å²) >= 11 is 0. The Morgan fingerprint density at radius 2 is 2.08 bits per heavy atom. The maximum Gasteiger partial charge on any atom is 0.257 e. The number of fused-ring (bicyclic) bond motifs is 1. The monoisotopic (exact) mass is 325 g/mol. The fourth-order valence-corrected chi connectivity index (χ4v) is 2.43. The Morgan fingerprint density at radius 3 is 2.88 bits per heavy atom. The van der Waals surface area contributed by atoms with E-state index in [1.807, 2.05) is 32.4 Å². The lowest BCUT2D eigenvalue weighted by molar-refractivity contribution is 0.102. The molecule has 7 nitrogen and oxygen atoms in total. The van der Waals surface area contributed by atoms with E-state index in [4.69, 9.17) is 0 Å². The third kappa shape index (κ3) is 3.52. The average Bonchev–Trinajstić information content (AvgIpc) is 2.99. The molecule has 0 aliphatic carbocycles. The van der Waals surface area contributed by atoms with Gasteiger partial charge in [0.05, 0.1) is 12.1 Å². The predicted molar refractivity (Wildman–Crippen MR) is 93.3 cm³/mol. The number of nitrogens with zero attached hydrogens (tertiary/aromatic N) is 3. The Morgan fingerprint density at radius 1 is 1.29 bits per heavy atom. The van der Waals surface area contributed by atoms with Crippen LogP contribution in [0.25, 0.3) is 10.9 Å². The van der Waals surface area contributed by atoms with Gasteiger partial charge in [-0.1, -0.05) is 18.2 Å². The fraction of sp³-hybridized carbons (Fsp3) is 0.235. The third-order valence-corrected chi connectivity index (χ3v) is 3.65. The first-order valence-electron chi connectivity index (χ1n) is 7.64. The van der Waals surface area contributed by atoms with Crippen molar-refractivity contribution in [2.75, 3.05) is 26.0 Å². The largest absolute Gasteiger partial charge is 0.322 e. The second-order valence-electron chi connectivity index (χ2n) is 5.81. The van der Waals surface area contributed by atoms with E-state index in [9.17, 15) is 9.59 Å². The number of likely N-dealkylation sites (N-methyl/N-ethyl adjacent to an activating group) is 1. The summed E-state index contributed by atoms with van der Waals surface area (Å²) in [6.45, 7) is 1.59. The highest BCUT2D eigenvalue weighted by atomic mass is 16.2. The first-order valence-corrected chi connectivity index (χ1v) is 7.64. The van der Waals surface area contributed by atoms with Crippen LogP contribution in [0.5, 0.6) is 0 Å². The molecule has 0 saturated carbocycles. The van der Waals surface area contributed by atoms with E-state index in [2.05, 4.69) is 20.3 Å². The van der Waals surface area contributed by atoms with Gasteiger partial charge in [-0.2, -0.15) is 5.10 Å². The van der Waals surface area contributed by atoms with Gasteiger partial charge in [-0.05, 0) is 20.2 Å². The van der Waals surface area contributed by atoms with Crippen LogP contribution >= 0.6 is 0 Å². The van der Waals surface area contributed by atoms with E-state index in [0.29, 0.717) is 22.3 Å². The zero-order valence-corrected chi connectivity index (χ0v) is 13.6. The Bertz CT molecular complexity index is 926. The summed E-state index contributed by atoms with van der Waals surface area (Å²) in [6.07, 6.45) is 1.81. The van der Waals surface area contributed by atoms with Gasteiger partial charge in [0.1, 0.15) is 0 Å². The molecule has 3 aromatic rings. The molecule has 2 aromatic heterocycles. The molecule has 0 fully saturated rings. The van der Waals surface area contributed by atoms with Crippen molar-refractivity contribution in [1.29, 1.82) is 0 Å². The Hall–Kier alpha value is -2.93. The number of rotatable bonds is 5. The molecule has 0 aliphatic rings. The molecule has 0 spiro atoms. The van der Waals surface area contributed by atoms with E-state index >= 15 is 0 Å². The Labute approximate surface area is 138 Å². The number of hydrogen-bond donors (Lipinski definition) is 2. The van der Waals surface area contributed by atoms with Gasteiger partial charge in [-0.25, -0.2) is 0 Å². The van der Waals surface area contributed by atoms with Crippen LogP contribution in [0, 0.1) is 0 Å². The number of carbonyl (C=O) groups is 1. The van der Waals surface area contributed by atoms with Crippen LogP contribution in [0.2, 0.25) is 0 Å². The van der Waals surface area contributed by atoms with Crippen LogP contribution in [-0.2, 0) is 6.54 Å². The smallest absolute Gasteiger partial charge is 0.257 e. The predicted octanol–water partition coefficient (Wildman–Crippen LogP) is 1.54. The number of carbonyl (C=O) groups excluding carboxylic acids is 1. The number of aromatic amines is 1. The first-order chi connectivity index (χ1) is 11.5. The number of amides is 1. The summed E-state index contributed by atoms with van der Waals surface area (Å²) in [4.78, 5) is 29.1. The summed E-state index contributed by atoms with van der Waals surface area (Å²) < 4.78 is 1.77. The van der Waals surface area contributed by atoms with Gasteiger partial charge >= 0.3 is 0 Å². The number of para-hydroxylation sites is 1. The number of benzene rings is 1. The zero-order valence-electron chi connectivity index (χ0n) is 13.6. The molecule has 0 radical (unpaired) electrons. The van der Waals surface area contributed by atoms with Crippen molar-refractivity contribution >= 4 is 22.6 Å². The quantitative estimate of drug-likeness (QED) is 0.745. The fourth-order valence-electron chi connectivity index (χ4n) is 2.43. The molecule has 24 heavy (non-hydrogen) atoms. The van der Waals surface area contributed by atoms with E-state index in [1.54, 1.807) is 22.9 Å². The van der Waals surface area contributed by atoms with Crippen molar-refractivity contribution in [3.8, 4) is 0 Å². The number of hydrogen-bond acceptors (Lipinski definition) is 4. The SMILES string of the molecule is CN(C)CCn1ccc(NC(=O)c2cc(=O)[nH]c3ccccc23)n1. The number of nitrogens with one attached hydrogen (secondary N) is 2. The summed E-state index contributed by atoms with van der Waals surface area (Å²) in [6, 6.07) is 10.3. The van der Waals surface area contributed by atoms with Crippen molar-refractivity contribution in [2.24, 2.45) is 0 Å². The summed E-state index contributed by atoms with van der Waals surface area (Å²) in [5.41, 5.74) is 0.652. The highest BCUT2D eigenvalue weighted by Gasteiger charge is 2.13. The van der Waals surface area contributed by atoms with Crippen molar-refractivity contribution in [1.82, 2.24) is 19.7 Å². The van der Waals surface area contributed by atoms with E-state index in [0.717, 1.165) is 13.1 Å². The van der Waals surface area contributed by atoms with Crippen LogP contribution in [0.15, 0.2) is 47.4 Å². The molecule has 124 valence electrons.